The largest absolute Gasteiger partial charge is 0.421 e. The summed E-state index contributed by atoms with van der Waals surface area (Å²) >= 11 is 1.74. The molecule has 1 amide bonds. The lowest BCUT2D eigenvalue weighted by Gasteiger charge is -2.02. The Bertz CT molecular complexity index is 836. The summed E-state index contributed by atoms with van der Waals surface area (Å²) < 4.78 is 5.64. The molecule has 0 spiro atoms. The molecular weight excluding hydrogens is 334 g/mol. The zero-order valence-corrected chi connectivity index (χ0v) is 15.2. The van der Waals surface area contributed by atoms with Gasteiger partial charge in [-0.15, -0.1) is 21.5 Å². The second-order valence-corrected chi connectivity index (χ2v) is 7.12. The van der Waals surface area contributed by atoms with E-state index in [1.54, 1.807) is 11.3 Å². The number of hydrogen-bond donors (Lipinski definition) is 1. The van der Waals surface area contributed by atoms with E-state index in [2.05, 4.69) is 34.6 Å². The summed E-state index contributed by atoms with van der Waals surface area (Å²) in [5, 5.41) is 11.0. The molecule has 130 valence electrons. The maximum atomic E-state index is 12.0. The van der Waals surface area contributed by atoms with E-state index in [9.17, 15) is 4.79 Å². The predicted molar refractivity (Wildman–Crippen MR) is 98.3 cm³/mol. The van der Waals surface area contributed by atoms with Crippen molar-refractivity contribution in [1.82, 2.24) is 15.5 Å². The van der Waals surface area contributed by atoms with Crippen LogP contribution in [0.15, 0.2) is 40.8 Å². The molecule has 25 heavy (non-hydrogen) atoms. The van der Waals surface area contributed by atoms with Gasteiger partial charge in [0.05, 0.1) is 6.54 Å². The standard InChI is InChI=1S/C19H21N3O2S/c1-3-15-8-9-16(25-15)12-20-17(23)10-11-18-21-22-19(24-18)14-6-4-13(2)5-7-14/h4-9H,3,10-12H2,1-2H3,(H,20,23). The van der Waals surface area contributed by atoms with Gasteiger partial charge in [0.15, 0.2) is 0 Å². The first-order chi connectivity index (χ1) is 12.1. The molecule has 1 aromatic carbocycles. The molecular formula is C19H21N3O2S. The van der Waals surface area contributed by atoms with Gasteiger partial charge in [-0.25, -0.2) is 0 Å². The van der Waals surface area contributed by atoms with Crippen LogP contribution in [0, 0.1) is 6.92 Å². The van der Waals surface area contributed by atoms with Gasteiger partial charge in [0.25, 0.3) is 0 Å². The molecule has 5 nitrogen and oxygen atoms in total. The average Bonchev–Trinajstić information content (AvgIpc) is 3.28. The van der Waals surface area contributed by atoms with Crippen molar-refractivity contribution in [3.05, 3.63) is 57.6 Å². The number of thiophene rings is 1. The van der Waals surface area contributed by atoms with E-state index in [4.69, 9.17) is 4.42 Å². The first-order valence-corrected chi connectivity index (χ1v) is 9.19. The quantitative estimate of drug-likeness (QED) is 0.697. The third-order valence-corrected chi connectivity index (χ3v) is 5.09. The molecule has 0 atom stereocenters. The van der Waals surface area contributed by atoms with E-state index in [0.29, 0.717) is 31.2 Å². The minimum atomic E-state index is -0.0125. The highest BCUT2D eigenvalue weighted by molar-refractivity contribution is 7.11. The van der Waals surface area contributed by atoms with Crippen molar-refractivity contribution < 1.29 is 9.21 Å². The highest BCUT2D eigenvalue weighted by Crippen LogP contribution is 2.19. The van der Waals surface area contributed by atoms with Gasteiger partial charge in [-0.05, 0) is 37.6 Å². The summed E-state index contributed by atoms with van der Waals surface area (Å²) in [5.41, 5.74) is 2.06. The topological polar surface area (TPSA) is 68.0 Å². The number of aromatic nitrogens is 2. The minimum absolute atomic E-state index is 0.0125. The van der Waals surface area contributed by atoms with Crippen LogP contribution >= 0.6 is 11.3 Å². The molecule has 0 saturated carbocycles. The lowest BCUT2D eigenvalue weighted by atomic mass is 10.1. The summed E-state index contributed by atoms with van der Waals surface area (Å²) in [7, 11) is 0. The van der Waals surface area contributed by atoms with Crippen LogP contribution in [0.2, 0.25) is 0 Å². The van der Waals surface area contributed by atoms with Gasteiger partial charge in [0, 0.05) is 28.2 Å². The number of carbonyl (C=O) groups is 1. The van der Waals surface area contributed by atoms with Crippen LogP contribution in [0.25, 0.3) is 11.5 Å². The van der Waals surface area contributed by atoms with Crippen molar-refractivity contribution in [3.8, 4) is 11.5 Å². The molecule has 0 saturated heterocycles. The van der Waals surface area contributed by atoms with E-state index in [1.165, 1.54) is 15.3 Å². The second-order valence-electron chi connectivity index (χ2n) is 5.87. The van der Waals surface area contributed by atoms with Crippen LogP contribution in [-0.4, -0.2) is 16.1 Å². The van der Waals surface area contributed by atoms with E-state index < -0.39 is 0 Å². The lowest BCUT2D eigenvalue weighted by molar-refractivity contribution is -0.121. The summed E-state index contributed by atoms with van der Waals surface area (Å²) in [4.78, 5) is 14.5. The Morgan fingerprint density at radius 2 is 1.88 bits per heavy atom. The molecule has 2 aromatic heterocycles. The number of carbonyl (C=O) groups excluding carboxylic acids is 1. The number of amides is 1. The Morgan fingerprint density at radius 3 is 2.60 bits per heavy atom. The van der Waals surface area contributed by atoms with Crippen molar-refractivity contribution in [1.29, 1.82) is 0 Å². The maximum absolute atomic E-state index is 12.0. The summed E-state index contributed by atoms with van der Waals surface area (Å²) in [6.07, 6.45) is 1.80. The zero-order valence-electron chi connectivity index (χ0n) is 14.4. The normalized spacial score (nSPS) is 10.8. The molecule has 0 aliphatic heterocycles. The van der Waals surface area contributed by atoms with Gasteiger partial charge < -0.3 is 9.73 Å². The van der Waals surface area contributed by atoms with Gasteiger partial charge >= 0.3 is 0 Å². The fourth-order valence-electron chi connectivity index (χ4n) is 2.37. The summed E-state index contributed by atoms with van der Waals surface area (Å²) in [6, 6.07) is 12.1. The SMILES string of the molecule is CCc1ccc(CNC(=O)CCc2nnc(-c3ccc(C)cc3)o2)s1. The number of rotatable bonds is 7. The molecule has 1 N–H and O–H groups in total. The Balaban J connectivity index is 1.48. The van der Waals surface area contributed by atoms with Crippen molar-refractivity contribution in [2.45, 2.75) is 39.7 Å². The van der Waals surface area contributed by atoms with Gasteiger partial charge in [-0.3, -0.25) is 4.79 Å². The third kappa shape index (κ3) is 4.76. The number of nitrogens with zero attached hydrogens (tertiary/aromatic N) is 2. The van der Waals surface area contributed by atoms with E-state index in [0.717, 1.165) is 12.0 Å². The molecule has 0 radical (unpaired) electrons. The van der Waals surface area contributed by atoms with Crippen LogP contribution < -0.4 is 5.32 Å². The molecule has 3 aromatic rings. The van der Waals surface area contributed by atoms with Crippen LogP contribution in [0.4, 0.5) is 0 Å². The first-order valence-electron chi connectivity index (χ1n) is 8.37. The number of aryl methyl sites for hydroxylation is 3. The zero-order chi connectivity index (χ0) is 17.6. The molecule has 0 unspecified atom stereocenters. The highest BCUT2D eigenvalue weighted by Gasteiger charge is 2.10. The van der Waals surface area contributed by atoms with Crippen LogP contribution in [0.1, 0.15) is 34.6 Å². The molecule has 6 heteroatoms. The van der Waals surface area contributed by atoms with Gasteiger partial charge in [-0.1, -0.05) is 24.6 Å². The Labute approximate surface area is 151 Å². The predicted octanol–water partition coefficient (Wildman–Crippen LogP) is 3.92. The number of nitrogens with one attached hydrogen (secondary N) is 1. The van der Waals surface area contributed by atoms with Gasteiger partial charge in [0.2, 0.25) is 17.7 Å². The fraction of sp³-hybridized carbons (Fsp3) is 0.316. The lowest BCUT2D eigenvalue weighted by Crippen LogP contribution is -2.22. The smallest absolute Gasteiger partial charge is 0.247 e. The van der Waals surface area contributed by atoms with Crippen LogP contribution in [0.5, 0.6) is 0 Å². The Kier molecular flexibility index (Phi) is 5.60. The first kappa shape index (κ1) is 17.4. The molecule has 2 heterocycles. The number of benzene rings is 1. The molecule has 0 bridgehead atoms. The van der Waals surface area contributed by atoms with Crippen molar-refractivity contribution in [2.24, 2.45) is 0 Å². The molecule has 0 fully saturated rings. The fourth-order valence-corrected chi connectivity index (χ4v) is 3.27. The molecule has 0 aliphatic carbocycles. The Morgan fingerprint density at radius 1 is 1.12 bits per heavy atom. The van der Waals surface area contributed by atoms with Gasteiger partial charge in [0.1, 0.15) is 0 Å². The minimum Gasteiger partial charge on any atom is -0.421 e. The van der Waals surface area contributed by atoms with Gasteiger partial charge in [-0.2, -0.15) is 0 Å². The molecule has 3 rings (SSSR count). The van der Waals surface area contributed by atoms with Crippen molar-refractivity contribution >= 4 is 17.2 Å². The maximum Gasteiger partial charge on any atom is 0.247 e. The second kappa shape index (κ2) is 8.07. The third-order valence-electron chi connectivity index (χ3n) is 3.86. The van der Waals surface area contributed by atoms with E-state index in [1.807, 2.05) is 31.2 Å². The monoisotopic (exact) mass is 355 g/mol. The highest BCUT2D eigenvalue weighted by atomic mass is 32.1. The van der Waals surface area contributed by atoms with Crippen molar-refractivity contribution in [2.75, 3.05) is 0 Å². The van der Waals surface area contributed by atoms with Crippen LogP contribution in [-0.2, 0) is 24.2 Å². The summed E-state index contributed by atoms with van der Waals surface area (Å²) in [6.45, 7) is 4.73. The van der Waals surface area contributed by atoms with E-state index >= 15 is 0 Å². The number of hydrogen-bond acceptors (Lipinski definition) is 5. The van der Waals surface area contributed by atoms with Crippen molar-refractivity contribution in [3.63, 3.8) is 0 Å². The van der Waals surface area contributed by atoms with Crippen LogP contribution in [0.3, 0.4) is 0 Å². The molecule has 0 aliphatic rings. The Hall–Kier alpha value is -2.47. The summed E-state index contributed by atoms with van der Waals surface area (Å²) in [5.74, 6) is 0.956. The van der Waals surface area contributed by atoms with E-state index in [-0.39, 0.29) is 5.91 Å². The average molecular weight is 355 g/mol.